The number of carbonyl (C=O) groups excluding carboxylic acids is 1. The summed E-state index contributed by atoms with van der Waals surface area (Å²) >= 11 is 9.50. The summed E-state index contributed by atoms with van der Waals surface area (Å²) in [5.41, 5.74) is 0.0232. The van der Waals surface area contributed by atoms with Crippen molar-refractivity contribution < 1.29 is 14.6 Å². The van der Waals surface area contributed by atoms with Crippen LogP contribution in [0.15, 0.2) is 53.0 Å². The first kappa shape index (κ1) is 19.4. The minimum atomic E-state index is -1.15. The lowest BCUT2D eigenvalue weighted by molar-refractivity contribution is -0.0680. The Morgan fingerprint density at radius 1 is 1.23 bits per heavy atom. The molecule has 0 aromatic heterocycles. The van der Waals surface area contributed by atoms with E-state index in [-0.39, 0.29) is 18.4 Å². The number of amides is 1. The molecule has 0 bridgehead atoms. The van der Waals surface area contributed by atoms with Crippen molar-refractivity contribution in [3.63, 3.8) is 0 Å². The topological polar surface area (TPSA) is 58.6 Å². The number of nitrogens with one attached hydrogen (secondary N) is 1. The van der Waals surface area contributed by atoms with Crippen LogP contribution in [0, 0.1) is 5.92 Å². The molecule has 1 saturated heterocycles. The zero-order valence-corrected chi connectivity index (χ0v) is 16.6. The van der Waals surface area contributed by atoms with Crippen molar-refractivity contribution in [2.45, 2.75) is 18.4 Å². The van der Waals surface area contributed by atoms with Crippen molar-refractivity contribution >= 4 is 33.4 Å². The molecule has 2 N–H and O–H groups in total. The third kappa shape index (κ3) is 4.29. The monoisotopic (exact) mass is 437 g/mol. The van der Waals surface area contributed by atoms with Crippen LogP contribution in [-0.2, 0) is 10.3 Å². The first-order valence-corrected chi connectivity index (χ1v) is 9.77. The van der Waals surface area contributed by atoms with Gasteiger partial charge in [0.2, 0.25) is 0 Å². The Kier molecular flexibility index (Phi) is 6.35. The average Bonchev–Trinajstić information content (AvgIpc) is 2.69. The number of ether oxygens (including phenoxy) is 1. The first-order valence-electron chi connectivity index (χ1n) is 8.59. The number of halogens is 2. The van der Waals surface area contributed by atoms with Crippen molar-refractivity contribution in [2.24, 2.45) is 5.92 Å². The van der Waals surface area contributed by atoms with E-state index < -0.39 is 5.60 Å². The number of benzene rings is 2. The molecule has 3 rings (SSSR count). The molecule has 2 aromatic carbocycles. The second-order valence-corrected chi connectivity index (χ2v) is 7.81. The average molecular weight is 439 g/mol. The lowest BCUT2D eigenvalue weighted by atomic mass is 9.77. The van der Waals surface area contributed by atoms with Crippen LogP contribution in [0.25, 0.3) is 0 Å². The smallest absolute Gasteiger partial charge is 0.252 e. The lowest BCUT2D eigenvalue weighted by Gasteiger charge is -2.39. The molecule has 0 spiro atoms. The second-order valence-electron chi connectivity index (χ2n) is 6.48. The van der Waals surface area contributed by atoms with Crippen LogP contribution in [0.4, 0.5) is 0 Å². The van der Waals surface area contributed by atoms with Gasteiger partial charge in [-0.25, -0.2) is 0 Å². The Morgan fingerprint density at radius 3 is 2.62 bits per heavy atom. The van der Waals surface area contributed by atoms with Gasteiger partial charge < -0.3 is 15.2 Å². The Hall–Kier alpha value is -1.40. The van der Waals surface area contributed by atoms with Crippen molar-refractivity contribution in [1.82, 2.24) is 5.32 Å². The zero-order valence-electron chi connectivity index (χ0n) is 14.3. The number of rotatable bonds is 5. The second kappa shape index (κ2) is 8.53. The summed E-state index contributed by atoms with van der Waals surface area (Å²) in [5.74, 6) is -0.297. The SMILES string of the molecule is O=C(NCC(O)(c1ccccc1)C1CCOCC1)c1cc(Br)ccc1Cl. The van der Waals surface area contributed by atoms with Gasteiger partial charge in [-0.2, -0.15) is 0 Å². The van der Waals surface area contributed by atoms with E-state index in [1.54, 1.807) is 18.2 Å². The van der Waals surface area contributed by atoms with Crippen LogP contribution < -0.4 is 5.32 Å². The Morgan fingerprint density at radius 2 is 1.92 bits per heavy atom. The first-order chi connectivity index (χ1) is 12.5. The quantitative estimate of drug-likeness (QED) is 0.737. The molecule has 26 heavy (non-hydrogen) atoms. The molecule has 6 heteroatoms. The number of aliphatic hydroxyl groups is 1. The van der Waals surface area contributed by atoms with E-state index in [0.717, 1.165) is 22.9 Å². The Balaban J connectivity index is 1.82. The molecule has 4 nitrogen and oxygen atoms in total. The molecule has 1 atom stereocenters. The highest BCUT2D eigenvalue weighted by molar-refractivity contribution is 9.10. The highest BCUT2D eigenvalue weighted by atomic mass is 79.9. The van der Waals surface area contributed by atoms with Gasteiger partial charge in [0.15, 0.2) is 0 Å². The van der Waals surface area contributed by atoms with E-state index in [9.17, 15) is 9.90 Å². The predicted molar refractivity (Wildman–Crippen MR) is 105 cm³/mol. The molecule has 1 fully saturated rings. The highest BCUT2D eigenvalue weighted by Gasteiger charge is 2.39. The van der Waals surface area contributed by atoms with Gasteiger partial charge in [-0.1, -0.05) is 57.9 Å². The Bertz CT molecular complexity index is 765. The molecule has 138 valence electrons. The largest absolute Gasteiger partial charge is 0.383 e. The zero-order chi connectivity index (χ0) is 18.6. The van der Waals surface area contributed by atoms with Crippen molar-refractivity contribution in [2.75, 3.05) is 19.8 Å². The van der Waals surface area contributed by atoms with Gasteiger partial charge in [0.05, 0.1) is 17.1 Å². The van der Waals surface area contributed by atoms with Crippen LogP contribution >= 0.6 is 27.5 Å². The van der Waals surface area contributed by atoms with E-state index in [2.05, 4.69) is 21.2 Å². The minimum absolute atomic E-state index is 0.0110. The fourth-order valence-electron chi connectivity index (χ4n) is 3.37. The molecule has 1 aliphatic heterocycles. The van der Waals surface area contributed by atoms with E-state index in [1.807, 2.05) is 30.3 Å². The molecule has 1 unspecified atom stereocenters. The maximum Gasteiger partial charge on any atom is 0.252 e. The van der Waals surface area contributed by atoms with Gasteiger partial charge in [0, 0.05) is 17.7 Å². The van der Waals surface area contributed by atoms with E-state index in [0.29, 0.717) is 23.8 Å². The summed E-state index contributed by atoms with van der Waals surface area (Å²) < 4.78 is 6.21. The van der Waals surface area contributed by atoms with Crippen LogP contribution in [0.1, 0.15) is 28.8 Å². The van der Waals surface area contributed by atoms with Crippen LogP contribution in [0.5, 0.6) is 0 Å². The summed E-state index contributed by atoms with van der Waals surface area (Å²) in [6, 6.07) is 14.6. The van der Waals surface area contributed by atoms with Crippen molar-refractivity contribution in [3.05, 3.63) is 69.2 Å². The van der Waals surface area contributed by atoms with Crippen LogP contribution in [-0.4, -0.2) is 30.8 Å². The molecule has 1 aliphatic rings. The summed E-state index contributed by atoms with van der Waals surface area (Å²) in [5, 5.41) is 14.8. The normalized spacial score (nSPS) is 17.5. The highest BCUT2D eigenvalue weighted by Crippen LogP contribution is 2.36. The predicted octanol–water partition coefficient (Wildman–Crippen LogP) is 4.15. The lowest BCUT2D eigenvalue weighted by Crippen LogP contribution is -2.47. The van der Waals surface area contributed by atoms with E-state index in [1.165, 1.54) is 0 Å². The van der Waals surface area contributed by atoms with Gasteiger partial charge in [0.25, 0.3) is 5.91 Å². The molecule has 2 aromatic rings. The van der Waals surface area contributed by atoms with Gasteiger partial charge in [-0.3, -0.25) is 4.79 Å². The Labute approximate surface area is 166 Å². The van der Waals surface area contributed by atoms with Gasteiger partial charge in [-0.05, 0) is 42.5 Å². The van der Waals surface area contributed by atoms with Crippen LogP contribution in [0.3, 0.4) is 0 Å². The molecule has 0 radical (unpaired) electrons. The summed E-state index contributed by atoms with van der Waals surface area (Å²) in [7, 11) is 0. The molecule has 0 saturated carbocycles. The third-order valence-electron chi connectivity index (χ3n) is 4.86. The molecule has 0 aliphatic carbocycles. The summed E-state index contributed by atoms with van der Waals surface area (Å²) in [4.78, 5) is 12.6. The number of hydrogen-bond acceptors (Lipinski definition) is 3. The van der Waals surface area contributed by atoms with Gasteiger partial charge >= 0.3 is 0 Å². The maximum atomic E-state index is 12.6. The van der Waals surface area contributed by atoms with E-state index in [4.69, 9.17) is 16.3 Å². The molecular formula is C20H21BrClNO3. The van der Waals surface area contributed by atoms with Crippen LogP contribution in [0.2, 0.25) is 5.02 Å². The number of hydrogen-bond donors (Lipinski definition) is 2. The summed E-state index contributed by atoms with van der Waals surface area (Å²) in [6.45, 7) is 1.35. The maximum absolute atomic E-state index is 12.6. The van der Waals surface area contributed by atoms with Crippen molar-refractivity contribution in [3.8, 4) is 0 Å². The summed E-state index contributed by atoms with van der Waals surface area (Å²) in [6.07, 6.45) is 1.50. The van der Waals surface area contributed by atoms with Crippen molar-refractivity contribution in [1.29, 1.82) is 0 Å². The molecular weight excluding hydrogens is 418 g/mol. The standard InChI is InChI=1S/C20H21BrClNO3/c21-16-6-7-18(22)17(12-16)19(24)23-13-20(25,14-4-2-1-3-5-14)15-8-10-26-11-9-15/h1-7,12,15,25H,8-11,13H2,(H,23,24). The fourth-order valence-corrected chi connectivity index (χ4v) is 3.93. The van der Waals surface area contributed by atoms with E-state index >= 15 is 0 Å². The minimum Gasteiger partial charge on any atom is -0.383 e. The third-order valence-corrected chi connectivity index (χ3v) is 5.68. The molecule has 1 heterocycles. The number of carbonyl (C=O) groups is 1. The fraction of sp³-hybridized carbons (Fsp3) is 0.350. The van der Waals surface area contributed by atoms with Gasteiger partial charge in [-0.15, -0.1) is 0 Å². The molecule has 1 amide bonds. The van der Waals surface area contributed by atoms with Gasteiger partial charge in [0.1, 0.15) is 5.60 Å².